The number of aromatic nitrogens is 2. The molecule has 3 atom stereocenters. The highest BCUT2D eigenvalue weighted by atomic mass is 79.9. The van der Waals surface area contributed by atoms with Crippen molar-refractivity contribution in [2.24, 2.45) is 0 Å². The molecular weight excluding hydrogens is 604 g/mol. The van der Waals surface area contributed by atoms with E-state index in [4.69, 9.17) is 34.6 Å². The molecule has 0 saturated carbocycles. The molecule has 1 aliphatic rings. The predicted molar refractivity (Wildman–Crippen MR) is 153 cm³/mol. The Hall–Kier alpha value is -3.56. The molecular formula is C27H33BrN4O9. The van der Waals surface area contributed by atoms with Crippen molar-refractivity contribution in [2.45, 2.75) is 31.2 Å². The van der Waals surface area contributed by atoms with Crippen LogP contribution in [0, 0.1) is 0 Å². The van der Waals surface area contributed by atoms with Gasteiger partial charge in [0.15, 0.2) is 23.7 Å². The van der Waals surface area contributed by atoms with Crippen LogP contribution in [0.4, 0.5) is 11.5 Å². The van der Waals surface area contributed by atoms with Crippen LogP contribution in [0.5, 0.6) is 11.5 Å². The fourth-order valence-electron chi connectivity index (χ4n) is 4.07. The first-order chi connectivity index (χ1) is 19.6. The van der Waals surface area contributed by atoms with Crippen molar-refractivity contribution >= 4 is 50.3 Å². The second-order valence-electron chi connectivity index (χ2n) is 9.09. The molecule has 13 nitrogen and oxygen atoms in total. The lowest BCUT2D eigenvalue weighted by molar-refractivity contribution is -0.165. The summed E-state index contributed by atoms with van der Waals surface area (Å²) in [5, 5.41) is 36.8. The lowest BCUT2D eigenvalue weighted by atomic mass is 10.2. The molecule has 0 radical (unpaired) electrons. The molecule has 1 aromatic heterocycles. The molecule has 0 aliphatic carbocycles. The van der Waals surface area contributed by atoms with E-state index in [-0.39, 0.29) is 0 Å². The van der Waals surface area contributed by atoms with Gasteiger partial charge in [0.1, 0.15) is 12.1 Å². The first kappa shape index (κ1) is 32.0. The molecule has 222 valence electrons. The number of anilines is 2. The Morgan fingerprint density at radius 1 is 1.10 bits per heavy atom. The van der Waals surface area contributed by atoms with Crippen molar-refractivity contribution in [2.75, 3.05) is 45.8 Å². The minimum atomic E-state index is -2.27. The van der Waals surface area contributed by atoms with Crippen LogP contribution in [0.3, 0.4) is 0 Å². The summed E-state index contributed by atoms with van der Waals surface area (Å²) in [6.45, 7) is 3.68. The third kappa shape index (κ3) is 9.23. The third-order valence-corrected chi connectivity index (χ3v) is 6.75. The summed E-state index contributed by atoms with van der Waals surface area (Å²) >= 11 is 3.50. The summed E-state index contributed by atoms with van der Waals surface area (Å²) in [6.07, 6.45) is -0.589. The van der Waals surface area contributed by atoms with Gasteiger partial charge in [-0.25, -0.2) is 19.6 Å². The lowest BCUT2D eigenvalue weighted by Gasteiger charge is -2.17. The molecule has 1 fully saturated rings. The Labute approximate surface area is 244 Å². The summed E-state index contributed by atoms with van der Waals surface area (Å²) in [7, 11) is 3.43. The Morgan fingerprint density at radius 3 is 2.44 bits per heavy atom. The van der Waals surface area contributed by atoms with Gasteiger partial charge in [0.05, 0.1) is 25.3 Å². The highest BCUT2D eigenvalue weighted by Crippen LogP contribution is 2.35. The quantitative estimate of drug-likeness (QED) is 0.183. The van der Waals surface area contributed by atoms with Gasteiger partial charge in [-0.05, 0) is 37.1 Å². The number of nitrogens with one attached hydrogen (secondary N) is 1. The maximum Gasteiger partial charge on any atom is 0.335 e. The van der Waals surface area contributed by atoms with E-state index in [1.165, 1.54) is 0 Å². The highest BCUT2D eigenvalue weighted by molar-refractivity contribution is 9.10. The molecule has 1 aliphatic heterocycles. The molecule has 3 aromatic rings. The molecule has 0 spiro atoms. The normalized spacial score (nSPS) is 16.4. The van der Waals surface area contributed by atoms with Crippen molar-refractivity contribution in [3.05, 3.63) is 47.2 Å². The molecule has 0 bridgehead atoms. The fraction of sp³-hybridized carbons (Fsp3) is 0.407. The first-order valence-electron chi connectivity index (χ1n) is 12.7. The number of hydrogen-bond acceptors (Lipinski definition) is 11. The van der Waals surface area contributed by atoms with Gasteiger partial charge in [-0.15, -0.1) is 0 Å². The average Bonchev–Trinajstić information content (AvgIpc) is 3.42. The van der Waals surface area contributed by atoms with Gasteiger partial charge in [-0.3, -0.25) is 0 Å². The van der Waals surface area contributed by atoms with Crippen molar-refractivity contribution in [3.8, 4) is 11.5 Å². The number of methoxy groups -OCH3 is 2. The summed E-state index contributed by atoms with van der Waals surface area (Å²) in [5.74, 6) is -1.46. The minimum absolute atomic E-state index is 0.359. The van der Waals surface area contributed by atoms with Crippen LogP contribution in [0.15, 0.2) is 47.2 Å². The number of nitrogens with zero attached hydrogens (tertiary/aromatic N) is 3. The monoisotopic (exact) mass is 636 g/mol. The number of aliphatic hydroxyl groups is 2. The summed E-state index contributed by atoms with van der Waals surface area (Å²) in [4.78, 5) is 30.8. The smallest absolute Gasteiger partial charge is 0.335 e. The first-order valence-corrected chi connectivity index (χ1v) is 13.5. The Morgan fingerprint density at radius 2 is 1.83 bits per heavy atom. The van der Waals surface area contributed by atoms with Crippen molar-refractivity contribution in [1.82, 2.24) is 14.9 Å². The Balaban J connectivity index is 0.000000397. The fourth-order valence-corrected chi connectivity index (χ4v) is 4.47. The van der Waals surface area contributed by atoms with Crippen LogP contribution in [-0.2, 0) is 14.3 Å². The number of fused-ring (bicyclic) bond motifs is 1. The highest BCUT2D eigenvalue weighted by Gasteiger charge is 2.29. The Bertz CT molecular complexity index is 1310. The molecule has 1 saturated heterocycles. The zero-order valence-electron chi connectivity index (χ0n) is 22.6. The van der Waals surface area contributed by atoms with Gasteiger partial charge < -0.3 is 44.9 Å². The lowest BCUT2D eigenvalue weighted by Crippen LogP contribution is -2.39. The van der Waals surface area contributed by atoms with Crippen LogP contribution >= 0.6 is 15.9 Å². The van der Waals surface area contributed by atoms with Crippen LogP contribution in [0.2, 0.25) is 0 Å². The van der Waals surface area contributed by atoms with Gasteiger partial charge in [-0.2, -0.15) is 0 Å². The Kier molecular flexibility index (Phi) is 12.0. The zero-order valence-corrected chi connectivity index (χ0v) is 24.2. The molecule has 0 amide bonds. The number of benzene rings is 2. The number of carbonyl (C=O) groups is 2. The summed E-state index contributed by atoms with van der Waals surface area (Å²) < 4.78 is 18.1. The predicted octanol–water partition coefficient (Wildman–Crippen LogP) is 2.51. The molecule has 2 heterocycles. The number of hydrogen-bond donors (Lipinski definition) is 5. The van der Waals surface area contributed by atoms with Crippen molar-refractivity contribution in [1.29, 1.82) is 0 Å². The van der Waals surface area contributed by atoms with E-state index in [2.05, 4.69) is 36.1 Å². The van der Waals surface area contributed by atoms with Crippen molar-refractivity contribution in [3.63, 3.8) is 0 Å². The van der Waals surface area contributed by atoms with Gasteiger partial charge in [0, 0.05) is 48.4 Å². The standard InChI is InChI=1S/C23H27BrN4O3.C4H6O6/c1-29-18-7-9-28(14-18)8-4-10-31-22-12-19-20(13-21(22)30-2)25-15-26-23(19)27-17-6-3-5-16(24)11-17;5-1(3(7)8)2(6)4(9)10/h3,5-6,11-13,15,18H,4,7-10,14H2,1-2H3,(H,25,26,27);1-2,5-6H,(H,7,8)(H,9,10). The minimum Gasteiger partial charge on any atom is -0.493 e. The van der Waals surface area contributed by atoms with E-state index in [0.29, 0.717) is 24.2 Å². The molecule has 14 heteroatoms. The number of likely N-dealkylation sites (tertiary alicyclic amines) is 1. The van der Waals surface area contributed by atoms with Crippen molar-refractivity contribution < 1.29 is 44.2 Å². The molecule has 4 rings (SSSR count). The third-order valence-electron chi connectivity index (χ3n) is 6.25. The number of ether oxygens (including phenoxy) is 3. The van der Waals surface area contributed by atoms with Crippen LogP contribution in [-0.4, -0.2) is 106 Å². The molecule has 5 N–H and O–H groups in total. The topological polar surface area (TPSA) is 184 Å². The SMILES string of the molecule is COc1cc2ncnc(Nc3cccc(Br)c3)c2cc1OCCCN1CCC(OC)C1.O=C(O)C(O)C(O)C(=O)O. The number of carboxylic acids is 2. The second kappa shape index (κ2) is 15.4. The number of halogens is 1. The number of aliphatic carboxylic acids is 2. The molecule has 3 unspecified atom stereocenters. The van der Waals surface area contributed by atoms with E-state index in [1.54, 1.807) is 20.5 Å². The zero-order chi connectivity index (χ0) is 29.9. The van der Waals surface area contributed by atoms with Gasteiger partial charge >= 0.3 is 11.9 Å². The molecule has 41 heavy (non-hydrogen) atoms. The van der Waals surface area contributed by atoms with E-state index in [0.717, 1.165) is 59.4 Å². The van der Waals surface area contributed by atoms with E-state index < -0.39 is 24.1 Å². The largest absolute Gasteiger partial charge is 0.493 e. The average molecular weight is 637 g/mol. The maximum absolute atomic E-state index is 9.77. The number of rotatable bonds is 12. The van der Waals surface area contributed by atoms with E-state index in [9.17, 15) is 9.59 Å². The maximum atomic E-state index is 9.77. The second-order valence-corrected chi connectivity index (χ2v) is 10.0. The van der Waals surface area contributed by atoms with E-state index in [1.807, 2.05) is 36.4 Å². The van der Waals surface area contributed by atoms with Crippen LogP contribution < -0.4 is 14.8 Å². The molecule has 2 aromatic carbocycles. The van der Waals surface area contributed by atoms with Crippen LogP contribution in [0.25, 0.3) is 10.9 Å². The number of aliphatic hydroxyl groups excluding tert-OH is 2. The van der Waals surface area contributed by atoms with Gasteiger partial charge in [-0.1, -0.05) is 22.0 Å². The summed E-state index contributed by atoms with van der Waals surface area (Å²) in [6, 6.07) is 11.8. The van der Waals surface area contributed by atoms with E-state index >= 15 is 0 Å². The van der Waals surface area contributed by atoms with Gasteiger partial charge in [0.25, 0.3) is 0 Å². The van der Waals surface area contributed by atoms with Gasteiger partial charge in [0.2, 0.25) is 0 Å². The van der Waals surface area contributed by atoms with Crippen LogP contribution in [0.1, 0.15) is 12.8 Å². The number of carboxylic acid groups (broad SMARTS) is 2. The summed E-state index contributed by atoms with van der Waals surface area (Å²) in [5.41, 5.74) is 1.73.